The molecule has 128 valence electrons. The standard InChI is InChI=1S/C19H12ClN3O2S/c20-14-9-5-4-8-13(14)11-15-17(24)21-19-23(22-15)18(25)16(26-19)10-12-6-2-1-3-7-12/h1-10H,11H2. The molecule has 0 saturated carbocycles. The van der Waals surface area contributed by atoms with Crippen molar-refractivity contribution < 1.29 is 0 Å². The van der Waals surface area contributed by atoms with Crippen LogP contribution in [0.4, 0.5) is 0 Å². The van der Waals surface area contributed by atoms with Crippen LogP contribution in [0.5, 0.6) is 0 Å². The van der Waals surface area contributed by atoms with E-state index in [1.165, 1.54) is 4.52 Å². The summed E-state index contributed by atoms with van der Waals surface area (Å²) < 4.78 is 1.66. The smallest absolute Gasteiger partial charge is 0.266 e. The van der Waals surface area contributed by atoms with Gasteiger partial charge in [0.2, 0.25) is 4.96 Å². The van der Waals surface area contributed by atoms with Crippen LogP contribution in [0.2, 0.25) is 5.02 Å². The first-order chi connectivity index (χ1) is 12.6. The SMILES string of the molecule is O=c1nc2sc(=Cc3ccccc3)c(=O)n2nc1Cc1ccccc1Cl. The summed E-state index contributed by atoms with van der Waals surface area (Å²) in [7, 11) is 0. The van der Waals surface area contributed by atoms with Gasteiger partial charge < -0.3 is 0 Å². The van der Waals surface area contributed by atoms with Gasteiger partial charge >= 0.3 is 0 Å². The molecule has 0 amide bonds. The molecule has 0 N–H and O–H groups in total. The van der Waals surface area contributed by atoms with Gasteiger partial charge in [0.25, 0.3) is 11.1 Å². The van der Waals surface area contributed by atoms with Gasteiger partial charge in [-0.2, -0.15) is 14.6 Å². The average Bonchev–Trinajstić information content (AvgIpc) is 2.93. The Kier molecular flexibility index (Phi) is 4.36. The molecule has 0 atom stereocenters. The van der Waals surface area contributed by atoms with Crippen molar-refractivity contribution in [3.05, 3.63) is 102 Å². The van der Waals surface area contributed by atoms with Crippen LogP contribution < -0.4 is 15.7 Å². The number of halogens is 1. The molecule has 2 heterocycles. The maximum Gasteiger partial charge on any atom is 0.296 e. The fourth-order valence-corrected chi connectivity index (χ4v) is 3.68. The van der Waals surface area contributed by atoms with E-state index in [-0.39, 0.29) is 22.6 Å². The summed E-state index contributed by atoms with van der Waals surface area (Å²) in [5.74, 6) is 0. The van der Waals surface area contributed by atoms with Gasteiger partial charge in [-0.05, 0) is 23.3 Å². The largest absolute Gasteiger partial charge is 0.296 e. The molecule has 0 fully saturated rings. The minimum Gasteiger partial charge on any atom is -0.266 e. The molecular weight excluding hydrogens is 370 g/mol. The molecule has 0 radical (unpaired) electrons. The van der Waals surface area contributed by atoms with Gasteiger partial charge in [-0.15, -0.1) is 0 Å². The first kappa shape index (κ1) is 16.6. The molecule has 26 heavy (non-hydrogen) atoms. The number of fused-ring (bicyclic) bond motifs is 1. The Bertz CT molecular complexity index is 1270. The van der Waals surface area contributed by atoms with E-state index in [1.807, 2.05) is 48.5 Å². The zero-order chi connectivity index (χ0) is 18.1. The van der Waals surface area contributed by atoms with Crippen LogP contribution in [-0.4, -0.2) is 14.6 Å². The number of hydrogen-bond donors (Lipinski definition) is 0. The summed E-state index contributed by atoms with van der Waals surface area (Å²) in [6, 6.07) is 16.7. The van der Waals surface area contributed by atoms with Crippen LogP contribution in [0, 0.1) is 0 Å². The lowest BCUT2D eigenvalue weighted by atomic mass is 10.1. The van der Waals surface area contributed by atoms with E-state index in [0.717, 1.165) is 22.5 Å². The maximum atomic E-state index is 12.6. The van der Waals surface area contributed by atoms with E-state index in [4.69, 9.17) is 11.6 Å². The van der Waals surface area contributed by atoms with E-state index in [9.17, 15) is 9.59 Å². The van der Waals surface area contributed by atoms with E-state index in [2.05, 4.69) is 10.1 Å². The van der Waals surface area contributed by atoms with Gasteiger partial charge in [0.05, 0.1) is 4.53 Å². The van der Waals surface area contributed by atoms with Gasteiger partial charge in [-0.3, -0.25) is 9.59 Å². The number of hydrogen-bond acceptors (Lipinski definition) is 5. The molecule has 0 aliphatic rings. The zero-order valence-corrected chi connectivity index (χ0v) is 15.0. The fraction of sp³-hybridized carbons (Fsp3) is 0.0526. The number of benzene rings is 2. The summed E-state index contributed by atoms with van der Waals surface area (Å²) in [5.41, 5.74) is 1.12. The molecule has 4 aromatic rings. The molecule has 0 unspecified atom stereocenters. The third-order valence-corrected chi connectivity index (χ3v) is 5.19. The average molecular weight is 382 g/mol. The number of thiazole rings is 1. The maximum absolute atomic E-state index is 12.6. The molecule has 7 heteroatoms. The lowest BCUT2D eigenvalue weighted by Crippen LogP contribution is -2.28. The molecule has 2 aromatic carbocycles. The lowest BCUT2D eigenvalue weighted by molar-refractivity contribution is 0.811. The van der Waals surface area contributed by atoms with Gasteiger partial charge in [-0.25, -0.2) is 0 Å². The Morgan fingerprint density at radius 3 is 2.54 bits per heavy atom. The van der Waals surface area contributed by atoms with Gasteiger partial charge in [0.1, 0.15) is 5.69 Å². The van der Waals surface area contributed by atoms with Crippen molar-refractivity contribution in [2.45, 2.75) is 6.42 Å². The molecule has 0 saturated heterocycles. The van der Waals surface area contributed by atoms with Crippen LogP contribution >= 0.6 is 22.9 Å². The van der Waals surface area contributed by atoms with Gasteiger partial charge in [-0.1, -0.05) is 71.5 Å². The monoisotopic (exact) mass is 381 g/mol. The summed E-state index contributed by atoms with van der Waals surface area (Å²) in [5, 5.41) is 4.78. The van der Waals surface area contributed by atoms with E-state index >= 15 is 0 Å². The minimum atomic E-state index is -0.447. The highest BCUT2D eigenvalue weighted by Gasteiger charge is 2.12. The van der Waals surface area contributed by atoms with Crippen molar-refractivity contribution in [3.8, 4) is 0 Å². The third-order valence-electron chi connectivity index (χ3n) is 3.86. The summed E-state index contributed by atoms with van der Waals surface area (Å²) >= 11 is 7.29. The highest BCUT2D eigenvalue weighted by Crippen LogP contribution is 2.16. The second-order valence-corrected chi connectivity index (χ2v) is 7.07. The summed E-state index contributed by atoms with van der Waals surface area (Å²) in [4.78, 5) is 29.2. The highest BCUT2D eigenvalue weighted by molar-refractivity contribution is 7.15. The molecule has 0 aliphatic carbocycles. The predicted molar refractivity (Wildman–Crippen MR) is 103 cm³/mol. The predicted octanol–water partition coefficient (Wildman–Crippen LogP) is 2.30. The van der Waals surface area contributed by atoms with Crippen LogP contribution in [0.25, 0.3) is 11.0 Å². The van der Waals surface area contributed by atoms with E-state index in [0.29, 0.717) is 9.55 Å². The summed E-state index contributed by atoms with van der Waals surface area (Å²) in [6.45, 7) is 0. The molecule has 2 aromatic heterocycles. The second kappa shape index (κ2) is 6.82. The number of aromatic nitrogens is 3. The van der Waals surface area contributed by atoms with Crippen molar-refractivity contribution in [3.63, 3.8) is 0 Å². The normalized spacial score (nSPS) is 12.0. The van der Waals surface area contributed by atoms with Crippen molar-refractivity contribution in [1.82, 2.24) is 14.6 Å². The minimum absolute atomic E-state index is 0.191. The lowest BCUT2D eigenvalue weighted by Gasteiger charge is -2.02. The molecular formula is C19H12ClN3O2S. The Balaban J connectivity index is 1.84. The Hall–Kier alpha value is -2.83. The van der Waals surface area contributed by atoms with Gasteiger partial charge in [0, 0.05) is 11.4 Å². The quantitative estimate of drug-likeness (QED) is 0.546. The third kappa shape index (κ3) is 3.16. The first-order valence-electron chi connectivity index (χ1n) is 7.85. The fourth-order valence-electron chi connectivity index (χ4n) is 2.57. The zero-order valence-electron chi connectivity index (χ0n) is 13.4. The van der Waals surface area contributed by atoms with E-state index < -0.39 is 5.56 Å². The van der Waals surface area contributed by atoms with E-state index in [1.54, 1.807) is 12.1 Å². The first-order valence-corrected chi connectivity index (χ1v) is 9.04. The Morgan fingerprint density at radius 1 is 1.04 bits per heavy atom. The molecule has 5 nitrogen and oxygen atoms in total. The molecule has 4 rings (SSSR count). The Morgan fingerprint density at radius 2 is 1.77 bits per heavy atom. The van der Waals surface area contributed by atoms with Gasteiger partial charge in [0.15, 0.2) is 0 Å². The second-order valence-electron chi connectivity index (χ2n) is 5.65. The molecule has 0 spiro atoms. The van der Waals surface area contributed by atoms with Crippen molar-refractivity contribution in [2.24, 2.45) is 0 Å². The van der Waals surface area contributed by atoms with Crippen molar-refractivity contribution in [2.75, 3.05) is 0 Å². The van der Waals surface area contributed by atoms with Crippen LogP contribution in [0.1, 0.15) is 16.8 Å². The van der Waals surface area contributed by atoms with Crippen molar-refractivity contribution in [1.29, 1.82) is 0 Å². The number of nitrogens with zero attached hydrogens (tertiary/aromatic N) is 3. The summed E-state index contributed by atoms with van der Waals surface area (Å²) in [6.07, 6.45) is 1.99. The number of rotatable bonds is 3. The topological polar surface area (TPSA) is 64.3 Å². The van der Waals surface area contributed by atoms with Crippen LogP contribution in [-0.2, 0) is 6.42 Å². The van der Waals surface area contributed by atoms with Crippen LogP contribution in [0.3, 0.4) is 0 Å². The Labute approximate surface area is 156 Å². The highest BCUT2D eigenvalue weighted by atomic mass is 35.5. The van der Waals surface area contributed by atoms with Crippen molar-refractivity contribution >= 4 is 34.0 Å². The van der Waals surface area contributed by atoms with Crippen LogP contribution in [0.15, 0.2) is 64.2 Å². The molecule has 0 bridgehead atoms. The molecule has 0 aliphatic heterocycles.